The van der Waals surface area contributed by atoms with Crippen LogP contribution in [0.2, 0.25) is 0 Å². The average molecular weight is 361 g/mol. The zero-order valence-corrected chi connectivity index (χ0v) is 15.8. The minimum absolute atomic E-state index is 0.146. The lowest BCUT2D eigenvalue weighted by atomic mass is 9.56. The molecule has 0 aromatic carbocycles. The van der Waals surface area contributed by atoms with Gasteiger partial charge in [0.1, 0.15) is 0 Å². The predicted molar refractivity (Wildman–Crippen MR) is 93.5 cm³/mol. The second kappa shape index (κ2) is 5.24. The molecule has 1 saturated heterocycles. The summed E-state index contributed by atoms with van der Waals surface area (Å²) in [6, 6.07) is 0. The van der Waals surface area contributed by atoms with Gasteiger partial charge in [-0.25, -0.2) is 0 Å². The zero-order valence-electron chi connectivity index (χ0n) is 15.8. The van der Waals surface area contributed by atoms with Crippen LogP contribution in [0.3, 0.4) is 0 Å². The van der Waals surface area contributed by atoms with Gasteiger partial charge in [-0.1, -0.05) is 6.92 Å². The standard InChI is InChI=1S/C21H31NO4/c1-2-18(23)22-12-13-3-5-20(6-4-13)24-21(26-25-20)16-8-14-7-15-9-17(21)11-19(14,15)10-16/h13-17H,2-12H2,1H3,(H,22,23)/t13-,14?,15?,16?,17?,19?,20+,21?. The molecule has 144 valence electrons. The molecular weight excluding hydrogens is 330 g/mol. The number of hydrogen-bond acceptors (Lipinski definition) is 4. The number of hydrogen-bond donors (Lipinski definition) is 1. The minimum atomic E-state index is -0.527. The van der Waals surface area contributed by atoms with Gasteiger partial charge in [0.2, 0.25) is 17.5 Å². The van der Waals surface area contributed by atoms with Gasteiger partial charge in [0.05, 0.1) is 0 Å². The fraction of sp³-hybridized carbons (Fsp3) is 0.952. The van der Waals surface area contributed by atoms with E-state index in [9.17, 15) is 4.79 Å². The Labute approximate surface area is 155 Å². The van der Waals surface area contributed by atoms with E-state index in [1.165, 1.54) is 32.1 Å². The fourth-order valence-corrected chi connectivity index (χ4v) is 7.77. The third kappa shape index (κ3) is 1.95. The van der Waals surface area contributed by atoms with Crippen molar-refractivity contribution < 1.29 is 19.3 Å². The van der Waals surface area contributed by atoms with Gasteiger partial charge in [-0.15, -0.1) is 0 Å². The monoisotopic (exact) mass is 361 g/mol. The Morgan fingerprint density at radius 1 is 1.00 bits per heavy atom. The van der Waals surface area contributed by atoms with E-state index < -0.39 is 11.6 Å². The van der Waals surface area contributed by atoms with Crippen molar-refractivity contribution in [2.24, 2.45) is 35.0 Å². The molecule has 0 aromatic heterocycles. The summed E-state index contributed by atoms with van der Waals surface area (Å²) < 4.78 is 6.81. The molecule has 1 N–H and O–H groups in total. The van der Waals surface area contributed by atoms with Crippen molar-refractivity contribution in [2.45, 2.75) is 82.7 Å². The van der Waals surface area contributed by atoms with Gasteiger partial charge in [-0.05, 0) is 68.1 Å². The lowest BCUT2D eigenvalue weighted by Crippen LogP contribution is -2.50. The van der Waals surface area contributed by atoms with E-state index >= 15 is 0 Å². The Bertz CT molecular complexity index is 602. The van der Waals surface area contributed by atoms with Crippen LogP contribution in [0.1, 0.15) is 71.1 Å². The summed E-state index contributed by atoms with van der Waals surface area (Å²) in [4.78, 5) is 23.7. The van der Waals surface area contributed by atoms with Crippen LogP contribution in [-0.4, -0.2) is 24.0 Å². The fourth-order valence-electron chi connectivity index (χ4n) is 7.77. The van der Waals surface area contributed by atoms with E-state index in [4.69, 9.17) is 14.5 Å². The van der Waals surface area contributed by atoms with Gasteiger partial charge in [0.25, 0.3) is 0 Å². The summed E-state index contributed by atoms with van der Waals surface area (Å²) >= 11 is 0. The van der Waals surface area contributed by atoms with Gasteiger partial charge in [0.15, 0.2) is 0 Å². The first-order valence-electron chi connectivity index (χ1n) is 10.9. The van der Waals surface area contributed by atoms with E-state index in [1.807, 2.05) is 6.92 Å². The summed E-state index contributed by atoms with van der Waals surface area (Å²) in [6.45, 7) is 2.68. The smallest absolute Gasteiger partial charge is 0.219 e. The van der Waals surface area contributed by atoms with E-state index in [-0.39, 0.29) is 5.91 Å². The lowest BCUT2D eigenvalue weighted by molar-refractivity contribution is -0.375. The molecular formula is C21H31NO4. The van der Waals surface area contributed by atoms with Crippen LogP contribution in [0.25, 0.3) is 0 Å². The maximum Gasteiger partial charge on any atom is 0.219 e. The third-order valence-electron chi connectivity index (χ3n) is 9.17. The van der Waals surface area contributed by atoms with E-state index in [1.54, 1.807) is 0 Å². The maximum absolute atomic E-state index is 11.5. The molecule has 4 atom stereocenters. The number of carbonyl (C=O) groups excluding carboxylic acids is 1. The van der Waals surface area contributed by atoms with Crippen molar-refractivity contribution in [3.05, 3.63) is 0 Å². The molecule has 26 heavy (non-hydrogen) atoms. The van der Waals surface area contributed by atoms with Crippen molar-refractivity contribution >= 4 is 5.91 Å². The molecule has 4 unspecified atom stereocenters. The Hall–Kier alpha value is -0.650. The molecule has 1 aliphatic heterocycles. The minimum Gasteiger partial charge on any atom is -0.356 e. The Morgan fingerprint density at radius 2 is 1.65 bits per heavy atom. The number of nitrogens with one attached hydrogen (secondary N) is 1. The highest BCUT2D eigenvalue weighted by molar-refractivity contribution is 5.75. The molecule has 1 amide bonds. The normalized spacial score (nSPS) is 56.1. The van der Waals surface area contributed by atoms with Crippen LogP contribution in [-0.2, 0) is 19.3 Å². The number of carbonyl (C=O) groups is 1. The topological polar surface area (TPSA) is 56.8 Å². The molecule has 3 bridgehead atoms. The SMILES string of the molecule is CCC(=O)NC[C@H]1CC[C@]2(CC1)OO[C@]1(O2)C2CC3CC4CC1CC34C2. The summed E-state index contributed by atoms with van der Waals surface area (Å²) in [5, 5.41) is 3.04. The molecule has 5 heteroatoms. The van der Waals surface area contributed by atoms with Crippen LogP contribution in [0.15, 0.2) is 0 Å². The van der Waals surface area contributed by atoms with Crippen LogP contribution < -0.4 is 5.32 Å². The van der Waals surface area contributed by atoms with Crippen LogP contribution >= 0.6 is 0 Å². The number of fused-ring (bicyclic) bond motifs is 4. The molecule has 6 fully saturated rings. The Morgan fingerprint density at radius 3 is 2.31 bits per heavy atom. The molecule has 1 heterocycles. The number of amides is 1. The molecule has 6 rings (SSSR count). The van der Waals surface area contributed by atoms with Gasteiger partial charge in [0, 0.05) is 37.6 Å². The van der Waals surface area contributed by atoms with Crippen molar-refractivity contribution in [2.75, 3.05) is 6.54 Å². The highest BCUT2D eigenvalue weighted by Gasteiger charge is 2.77. The van der Waals surface area contributed by atoms with Gasteiger partial charge < -0.3 is 10.1 Å². The first kappa shape index (κ1) is 16.3. The highest BCUT2D eigenvalue weighted by Crippen LogP contribution is 2.79. The molecule has 3 spiro atoms. The highest BCUT2D eigenvalue weighted by atomic mass is 17.3. The molecule has 5 aliphatic carbocycles. The van der Waals surface area contributed by atoms with E-state index in [0.29, 0.717) is 29.6 Å². The Balaban J connectivity index is 1.14. The molecule has 5 saturated carbocycles. The van der Waals surface area contributed by atoms with Crippen molar-refractivity contribution in [1.29, 1.82) is 0 Å². The first-order chi connectivity index (χ1) is 12.6. The van der Waals surface area contributed by atoms with Crippen molar-refractivity contribution in [3.63, 3.8) is 0 Å². The second-order valence-electron chi connectivity index (χ2n) is 10.1. The lowest BCUT2D eigenvalue weighted by Gasteiger charge is -2.49. The van der Waals surface area contributed by atoms with Crippen molar-refractivity contribution in [1.82, 2.24) is 5.32 Å². The molecule has 5 nitrogen and oxygen atoms in total. The van der Waals surface area contributed by atoms with Crippen LogP contribution in [0, 0.1) is 35.0 Å². The van der Waals surface area contributed by atoms with E-state index in [0.717, 1.165) is 44.1 Å². The molecule has 0 radical (unpaired) electrons. The number of ether oxygens (including phenoxy) is 1. The zero-order chi connectivity index (χ0) is 17.6. The summed E-state index contributed by atoms with van der Waals surface area (Å²) in [5.74, 6) is 2.65. The van der Waals surface area contributed by atoms with Crippen LogP contribution in [0.5, 0.6) is 0 Å². The third-order valence-corrected chi connectivity index (χ3v) is 9.17. The summed E-state index contributed by atoms with van der Waals surface area (Å²) in [6.07, 6.45) is 11.1. The van der Waals surface area contributed by atoms with Gasteiger partial charge >= 0.3 is 0 Å². The number of rotatable bonds is 3. The van der Waals surface area contributed by atoms with Crippen LogP contribution in [0.4, 0.5) is 0 Å². The first-order valence-corrected chi connectivity index (χ1v) is 10.9. The maximum atomic E-state index is 11.5. The molecule has 6 aliphatic rings. The summed E-state index contributed by atoms with van der Waals surface area (Å²) in [5.41, 5.74) is 0.665. The largest absolute Gasteiger partial charge is 0.356 e. The summed E-state index contributed by atoms with van der Waals surface area (Å²) in [7, 11) is 0. The van der Waals surface area contributed by atoms with Gasteiger partial charge in [-0.2, -0.15) is 9.78 Å². The Kier molecular flexibility index (Phi) is 3.29. The van der Waals surface area contributed by atoms with E-state index in [2.05, 4.69) is 5.32 Å². The predicted octanol–water partition coefficient (Wildman–Crippen LogP) is 3.53. The molecule has 0 aromatic rings. The average Bonchev–Trinajstić information content (AvgIpc) is 3.23. The quantitative estimate of drug-likeness (QED) is 0.782. The second-order valence-corrected chi connectivity index (χ2v) is 10.1. The van der Waals surface area contributed by atoms with Gasteiger partial charge in [-0.3, -0.25) is 4.79 Å². The van der Waals surface area contributed by atoms with Crippen molar-refractivity contribution in [3.8, 4) is 0 Å².